The second kappa shape index (κ2) is 8.62. The molecule has 0 bridgehead atoms. The van der Waals surface area contributed by atoms with E-state index in [1.807, 2.05) is 35.7 Å². The summed E-state index contributed by atoms with van der Waals surface area (Å²) in [7, 11) is 0. The number of para-hydroxylation sites is 1. The molecule has 0 saturated heterocycles. The van der Waals surface area contributed by atoms with Crippen LogP contribution in [0.2, 0.25) is 0 Å². The number of allylic oxidation sites excluding steroid dienone is 1. The minimum atomic E-state index is 0.507. The van der Waals surface area contributed by atoms with E-state index >= 15 is 0 Å². The predicted octanol–water partition coefficient (Wildman–Crippen LogP) is 7.68. The molecule has 0 atom stereocenters. The fourth-order valence-electron chi connectivity index (χ4n) is 3.96. The molecule has 1 N–H and O–H groups in total. The molecule has 5 aromatic rings. The molecule has 0 radical (unpaired) electrons. The molecule has 3 aromatic carbocycles. The maximum atomic E-state index is 9.73. The lowest BCUT2D eigenvalue weighted by atomic mass is 10.1. The Morgan fingerprint density at radius 3 is 2.75 bits per heavy atom. The number of hydrogen-bond acceptors (Lipinski definition) is 4. The van der Waals surface area contributed by atoms with E-state index in [4.69, 9.17) is 0 Å². The number of nitriles is 1. The number of thiazole rings is 1. The molecular weight excluding hydrogens is 480 g/mol. The molecule has 0 amide bonds. The van der Waals surface area contributed by atoms with E-state index in [1.165, 1.54) is 33.1 Å². The van der Waals surface area contributed by atoms with Crippen molar-refractivity contribution in [1.29, 1.82) is 5.26 Å². The summed E-state index contributed by atoms with van der Waals surface area (Å²) in [4.78, 5) is 4.67. The maximum Gasteiger partial charge on any atom is 0.136 e. The average molecular weight is 499 g/mol. The van der Waals surface area contributed by atoms with Gasteiger partial charge in [-0.05, 0) is 43.3 Å². The summed E-state index contributed by atoms with van der Waals surface area (Å²) in [5.41, 5.74) is 5.77. The van der Waals surface area contributed by atoms with Crippen LogP contribution in [0.15, 0.2) is 82.8 Å². The highest BCUT2D eigenvalue weighted by atomic mass is 79.9. The number of aryl methyl sites for hydroxylation is 1. The van der Waals surface area contributed by atoms with E-state index in [-0.39, 0.29) is 0 Å². The quantitative estimate of drug-likeness (QED) is 0.253. The number of anilines is 1. The third-order valence-corrected chi connectivity index (χ3v) is 6.82. The molecule has 0 fully saturated rings. The maximum absolute atomic E-state index is 9.73. The molecule has 0 saturated carbocycles. The van der Waals surface area contributed by atoms with Gasteiger partial charge >= 0.3 is 0 Å². The molecule has 0 aliphatic heterocycles. The lowest BCUT2D eigenvalue weighted by Gasteiger charge is -2.05. The summed E-state index contributed by atoms with van der Waals surface area (Å²) < 4.78 is 3.33. The lowest BCUT2D eigenvalue weighted by Crippen LogP contribution is -1.94. The standard InChI is InChI=1S/C26H19BrN4S/c1-2-31-24-9-4-3-8-21(24)22-13-20(10-11-25(22)31)29-15-18(14-28)26-30-23(16-32-26)17-6-5-7-19(27)12-17/h3-13,15-16,29H,2H2,1H3/b18-15+. The molecule has 32 heavy (non-hydrogen) atoms. The van der Waals surface area contributed by atoms with Crippen LogP contribution in [-0.2, 0) is 6.54 Å². The van der Waals surface area contributed by atoms with Crippen LogP contribution in [0.3, 0.4) is 0 Å². The first-order valence-corrected chi connectivity index (χ1v) is 11.9. The van der Waals surface area contributed by atoms with Crippen molar-refractivity contribution >= 4 is 60.3 Å². The van der Waals surface area contributed by atoms with Crippen molar-refractivity contribution in [2.45, 2.75) is 13.5 Å². The number of benzene rings is 3. The van der Waals surface area contributed by atoms with Crippen molar-refractivity contribution in [3.05, 3.63) is 87.8 Å². The van der Waals surface area contributed by atoms with Crippen LogP contribution in [0, 0.1) is 11.3 Å². The highest BCUT2D eigenvalue weighted by molar-refractivity contribution is 9.10. The van der Waals surface area contributed by atoms with Crippen LogP contribution in [0.1, 0.15) is 11.9 Å². The highest BCUT2D eigenvalue weighted by Crippen LogP contribution is 2.32. The summed E-state index contributed by atoms with van der Waals surface area (Å²) in [6.07, 6.45) is 1.74. The van der Waals surface area contributed by atoms with Crippen molar-refractivity contribution < 1.29 is 0 Å². The van der Waals surface area contributed by atoms with Gasteiger partial charge in [-0.25, -0.2) is 4.98 Å². The van der Waals surface area contributed by atoms with Crippen LogP contribution in [0.5, 0.6) is 0 Å². The Morgan fingerprint density at radius 2 is 1.94 bits per heavy atom. The van der Waals surface area contributed by atoms with Gasteiger partial charge in [0.2, 0.25) is 0 Å². The monoisotopic (exact) mass is 498 g/mol. The zero-order chi connectivity index (χ0) is 22.1. The van der Waals surface area contributed by atoms with Crippen LogP contribution in [0.4, 0.5) is 5.69 Å². The molecule has 2 heterocycles. The van der Waals surface area contributed by atoms with Crippen molar-refractivity contribution in [2.24, 2.45) is 0 Å². The molecule has 0 spiro atoms. The van der Waals surface area contributed by atoms with Gasteiger partial charge in [-0.3, -0.25) is 0 Å². The third-order valence-electron chi connectivity index (χ3n) is 5.45. The zero-order valence-electron chi connectivity index (χ0n) is 17.3. The van der Waals surface area contributed by atoms with Gasteiger partial charge in [0, 0.05) is 55.7 Å². The lowest BCUT2D eigenvalue weighted by molar-refractivity contribution is 0.827. The Morgan fingerprint density at radius 1 is 1.09 bits per heavy atom. The first-order valence-electron chi connectivity index (χ1n) is 10.3. The van der Waals surface area contributed by atoms with Crippen LogP contribution < -0.4 is 5.32 Å². The van der Waals surface area contributed by atoms with E-state index in [0.29, 0.717) is 10.6 Å². The number of aromatic nitrogens is 2. The average Bonchev–Trinajstić information content (AvgIpc) is 3.42. The topological polar surface area (TPSA) is 53.6 Å². The van der Waals surface area contributed by atoms with Gasteiger partial charge in [0.15, 0.2) is 0 Å². The van der Waals surface area contributed by atoms with Gasteiger partial charge in [-0.1, -0.05) is 46.3 Å². The second-order valence-corrected chi connectivity index (χ2v) is 9.13. The number of hydrogen-bond donors (Lipinski definition) is 1. The van der Waals surface area contributed by atoms with Gasteiger partial charge in [0.1, 0.15) is 16.6 Å². The minimum absolute atomic E-state index is 0.507. The summed E-state index contributed by atoms with van der Waals surface area (Å²) in [5, 5.41) is 18.1. The van der Waals surface area contributed by atoms with E-state index < -0.39 is 0 Å². The Bertz CT molecular complexity index is 1520. The summed E-state index contributed by atoms with van der Waals surface area (Å²) in [5.74, 6) is 0. The summed E-state index contributed by atoms with van der Waals surface area (Å²) >= 11 is 4.97. The van der Waals surface area contributed by atoms with E-state index in [1.54, 1.807) is 6.20 Å². The van der Waals surface area contributed by atoms with Crippen molar-refractivity contribution in [3.8, 4) is 17.3 Å². The van der Waals surface area contributed by atoms with Gasteiger partial charge in [-0.2, -0.15) is 5.26 Å². The van der Waals surface area contributed by atoms with E-state index in [2.05, 4.69) is 80.2 Å². The van der Waals surface area contributed by atoms with Gasteiger partial charge in [-0.15, -0.1) is 11.3 Å². The van der Waals surface area contributed by atoms with E-state index in [9.17, 15) is 5.26 Å². The fraction of sp³-hybridized carbons (Fsp3) is 0.0769. The Kier molecular flexibility index (Phi) is 5.52. The number of nitrogens with one attached hydrogen (secondary N) is 1. The van der Waals surface area contributed by atoms with Gasteiger partial charge in [0.25, 0.3) is 0 Å². The van der Waals surface area contributed by atoms with Crippen molar-refractivity contribution in [1.82, 2.24) is 9.55 Å². The van der Waals surface area contributed by atoms with Gasteiger partial charge in [0.05, 0.1) is 5.69 Å². The first-order chi connectivity index (χ1) is 15.7. The second-order valence-electron chi connectivity index (χ2n) is 7.36. The van der Waals surface area contributed by atoms with E-state index in [0.717, 1.165) is 28.0 Å². The largest absolute Gasteiger partial charge is 0.360 e. The number of fused-ring (bicyclic) bond motifs is 3. The Hall–Kier alpha value is -3.40. The third kappa shape index (κ3) is 3.70. The summed E-state index contributed by atoms with van der Waals surface area (Å²) in [6, 6.07) is 25.1. The molecule has 0 aliphatic carbocycles. The number of rotatable bonds is 5. The summed E-state index contributed by atoms with van der Waals surface area (Å²) in [6.45, 7) is 3.08. The Balaban J connectivity index is 1.46. The van der Waals surface area contributed by atoms with Crippen LogP contribution >= 0.6 is 27.3 Å². The number of nitrogens with zero attached hydrogens (tertiary/aromatic N) is 3. The first kappa shape index (κ1) is 20.5. The van der Waals surface area contributed by atoms with Crippen molar-refractivity contribution in [2.75, 3.05) is 5.32 Å². The Labute approximate surface area is 198 Å². The van der Waals surface area contributed by atoms with Crippen LogP contribution in [0.25, 0.3) is 38.6 Å². The molecule has 0 aliphatic rings. The number of halogens is 1. The predicted molar refractivity (Wildman–Crippen MR) is 138 cm³/mol. The molecule has 6 heteroatoms. The highest BCUT2D eigenvalue weighted by Gasteiger charge is 2.11. The minimum Gasteiger partial charge on any atom is -0.360 e. The smallest absolute Gasteiger partial charge is 0.136 e. The normalized spacial score (nSPS) is 11.7. The molecular formula is C26H19BrN4S. The molecule has 0 unspecified atom stereocenters. The van der Waals surface area contributed by atoms with Crippen LogP contribution in [-0.4, -0.2) is 9.55 Å². The van der Waals surface area contributed by atoms with Crippen molar-refractivity contribution in [3.63, 3.8) is 0 Å². The van der Waals surface area contributed by atoms with Gasteiger partial charge < -0.3 is 9.88 Å². The fourth-order valence-corrected chi connectivity index (χ4v) is 5.15. The molecule has 2 aromatic heterocycles. The SMILES string of the molecule is CCn1c2ccccc2c2cc(N/C=C(\C#N)c3nc(-c4cccc(Br)c4)cs3)ccc21. The molecule has 156 valence electrons. The molecule has 5 rings (SSSR count). The molecule has 4 nitrogen and oxygen atoms in total. The zero-order valence-corrected chi connectivity index (χ0v) is 19.7.